The summed E-state index contributed by atoms with van der Waals surface area (Å²) in [7, 11) is -3.34. The molecule has 1 amide bonds. The molecule has 0 bridgehead atoms. The lowest BCUT2D eigenvalue weighted by Crippen LogP contribution is -2.52. The zero-order chi connectivity index (χ0) is 18.2. The minimum absolute atomic E-state index is 0.0167. The Hall–Kier alpha value is -1.40. The first-order chi connectivity index (χ1) is 11.8. The number of hydrogen-bond donors (Lipinski definition) is 0. The number of nitrogens with zero attached hydrogens (tertiary/aromatic N) is 2. The van der Waals surface area contributed by atoms with Crippen LogP contribution >= 0.6 is 0 Å². The van der Waals surface area contributed by atoms with Crippen LogP contribution in [0.2, 0.25) is 0 Å². The molecule has 2 atom stereocenters. The number of piperidine rings is 1. The zero-order valence-corrected chi connectivity index (χ0v) is 16.2. The fraction of sp³-hybridized carbons (Fsp3) is 0.632. The standard InChI is InChI=1S/C19H28N2O3S/c1-14-10-15(2)12-17(11-14)16-7-9-20(13-16)19(22)18-6-4-5-8-21(18)25(3,23)24/h10-12,16,18H,4-9,13H2,1-3H3. The largest absolute Gasteiger partial charge is 0.341 e. The van der Waals surface area contributed by atoms with Crippen molar-refractivity contribution in [3.8, 4) is 0 Å². The van der Waals surface area contributed by atoms with Crippen LogP contribution in [-0.2, 0) is 14.8 Å². The Kier molecular flexibility index (Phi) is 5.21. The topological polar surface area (TPSA) is 57.7 Å². The van der Waals surface area contributed by atoms with Crippen molar-refractivity contribution >= 4 is 15.9 Å². The molecule has 0 spiro atoms. The van der Waals surface area contributed by atoms with Gasteiger partial charge in [-0.1, -0.05) is 35.7 Å². The summed E-state index contributed by atoms with van der Waals surface area (Å²) in [5, 5.41) is 0. The minimum atomic E-state index is -3.34. The lowest BCUT2D eigenvalue weighted by Gasteiger charge is -2.35. The fourth-order valence-corrected chi connectivity index (χ4v) is 5.36. The second kappa shape index (κ2) is 7.08. The number of aryl methyl sites for hydroxylation is 2. The van der Waals surface area contributed by atoms with E-state index in [1.54, 1.807) is 0 Å². The monoisotopic (exact) mass is 364 g/mol. The van der Waals surface area contributed by atoms with Gasteiger partial charge in [0.25, 0.3) is 0 Å². The highest BCUT2D eigenvalue weighted by atomic mass is 32.2. The summed E-state index contributed by atoms with van der Waals surface area (Å²) >= 11 is 0. The van der Waals surface area contributed by atoms with Gasteiger partial charge in [-0.3, -0.25) is 4.79 Å². The number of hydrogen-bond acceptors (Lipinski definition) is 3. The summed E-state index contributed by atoms with van der Waals surface area (Å²) in [6, 6.07) is 6.05. The molecule has 0 saturated carbocycles. The first-order valence-corrected chi connectivity index (χ1v) is 10.9. The van der Waals surface area contributed by atoms with Crippen molar-refractivity contribution in [1.82, 2.24) is 9.21 Å². The highest BCUT2D eigenvalue weighted by Crippen LogP contribution is 2.31. The molecule has 2 heterocycles. The van der Waals surface area contributed by atoms with Crippen molar-refractivity contribution < 1.29 is 13.2 Å². The van der Waals surface area contributed by atoms with Crippen LogP contribution in [0.4, 0.5) is 0 Å². The van der Waals surface area contributed by atoms with Gasteiger partial charge in [0.05, 0.1) is 6.26 Å². The highest BCUT2D eigenvalue weighted by molar-refractivity contribution is 7.88. The van der Waals surface area contributed by atoms with Crippen molar-refractivity contribution in [3.63, 3.8) is 0 Å². The summed E-state index contributed by atoms with van der Waals surface area (Å²) in [6.45, 7) is 6.06. The van der Waals surface area contributed by atoms with Gasteiger partial charge >= 0.3 is 0 Å². The SMILES string of the molecule is Cc1cc(C)cc(C2CCN(C(=O)C3CCCCN3S(C)(=O)=O)C2)c1. The zero-order valence-electron chi connectivity index (χ0n) is 15.4. The van der Waals surface area contributed by atoms with Crippen molar-refractivity contribution in [3.05, 3.63) is 34.9 Å². The van der Waals surface area contributed by atoms with Gasteiger partial charge in [-0.05, 0) is 38.7 Å². The van der Waals surface area contributed by atoms with Crippen LogP contribution in [0, 0.1) is 13.8 Å². The normalized spacial score (nSPS) is 25.3. The van der Waals surface area contributed by atoms with Crippen LogP contribution in [0.15, 0.2) is 18.2 Å². The molecule has 2 fully saturated rings. The molecule has 2 saturated heterocycles. The van der Waals surface area contributed by atoms with Crippen molar-refractivity contribution in [2.75, 3.05) is 25.9 Å². The van der Waals surface area contributed by atoms with E-state index in [2.05, 4.69) is 32.0 Å². The van der Waals surface area contributed by atoms with E-state index in [1.165, 1.54) is 27.3 Å². The molecule has 6 heteroatoms. The maximum atomic E-state index is 13.0. The van der Waals surface area contributed by atoms with E-state index in [-0.39, 0.29) is 5.91 Å². The Balaban J connectivity index is 1.73. The smallest absolute Gasteiger partial charge is 0.241 e. The van der Waals surface area contributed by atoms with Gasteiger partial charge in [0.15, 0.2) is 0 Å². The van der Waals surface area contributed by atoms with Crippen LogP contribution in [0.5, 0.6) is 0 Å². The molecular formula is C19H28N2O3S. The highest BCUT2D eigenvalue weighted by Gasteiger charge is 2.39. The number of carbonyl (C=O) groups is 1. The molecular weight excluding hydrogens is 336 g/mol. The molecule has 0 radical (unpaired) electrons. The van der Waals surface area contributed by atoms with Crippen LogP contribution in [-0.4, -0.2) is 55.5 Å². The molecule has 138 valence electrons. The molecule has 25 heavy (non-hydrogen) atoms. The molecule has 2 aliphatic rings. The molecule has 1 aromatic carbocycles. The van der Waals surface area contributed by atoms with Crippen molar-refractivity contribution in [1.29, 1.82) is 0 Å². The van der Waals surface area contributed by atoms with E-state index in [0.29, 0.717) is 32.0 Å². The summed E-state index contributed by atoms with van der Waals surface area (Å²) in [4.78, 5) is 14.9. The molecule has 2 aliphatic heterocycles. The van der Waals surface area contributed by atoms with Crippen LogP contribution < -0.4 is 0 Å². The van der Waals surface area contributed by atoms with Gasteiger partial charge in [0.1, 0.15) is 6.04 Å². The Morgan fingerprint density at radius 2 is 1.72 bits per heavy atom. The van der Waals surface area contributed by atoms with Gasteiger partial charge in [-0.25, -0.2) is 8.42 Å². The Morgan fingerprint density at radius 1 is 1.04 bits per heavy atom. The van der Waals surface area contributed by atoms with Crippen LogP contribution in [0.25, 0.3) is 0 Å². The molecule has 2 unspecified atom stereocenters. The summed E-state index contributed by atoms with van der Waals surface area (Å²) in [5.74, 6) is 0.329. The third kappa shape index (κ3) is 4.06. The molecule has 3 rings (SSSR count). The van der Waals surface area contributed by atoms with Crippen molar-refractivity contribution in [2.45, 2.75) is 51.5 Å². The predicted octanol–water partition coefficient (Wildman–Crippen LogP) is 2.43. The number of sulfonamides is 1. The summed E-state index contributed by atoms with van der Waals surface area (Å²) in [6.07, 6.45) is 4.54. The van der Waals surface area contributed by atoms with E-state index < -0.39 is 16.1 Å². The van der Waals surface area contributed by atoms with E-state index in [4.69, 9.17) is 0 Å². The minimum Gasteiger partial charge on any atom is -0.341 e. The quantitative estimate of drug-likeness (QED) is 0.828. The number of likely N-dealkylation sites (tertiary alicyclic amines) is 1. The van der Waals surface area contributed by atoms with Gasteiger partial charge in [-0.2, -0.15) is 4.31 Å². The Morgan fingerprint density at radius 3 is 2.36 bits per heavy atom. The lowest BCUT2D eigenvalue weighted by molar-refractivity contribution is -0.135. The molecule has 0 aliphatic carbocycles. The molecule has 5 nitrogen and oxygen atoms in total. The second-order valence-corrected chi connectivity index (χ2v) is 9.51. The lowest BCUT2D eigenvalue weighted by atomic mass is 9.95. The average Bonchev–Trinajstić information content (AvgIpc) is 3.02. The Bertz CT molecular complexity index is 740. The number of amides is 1. The van der Waals surface area contributed by atoms with E-state index >= 15 is 0 Å². The Labute approximate surface area is 151 Å². The number of carbonyl (C=O) groups excluding carboxylic acids is 1. The van der Waals surface area contributed by atoms with Gasteiger partial charge in [0.2, 0.25) is 15.9 Å². The van der Waals surface area contributed by atoms with E-state index in [1.807, 2.05) is 4.90 Å². The average molecular weight is 365 g/mol. The molecule has 0 N–H and O–H groups in total. The maximum Gasteiger partial charge on any atom is 0.241 e. The molecule has 1 aromatic rings. The first-order valence-electron chi connectivity index (χ1n) is 9.09. The van der Waals surface area contributed by atoms with Crippen LogP contribution in [0.3, 0.4) is 0 Å². The fourth-order valence-electron chi connectivity index (χ4n) is 4.24. The number of rotatable bonds is 3. The maximum absolute atomic E-state index is 13.0. The predicted molar refractivity (Wildman–Crippen MR) is 99.0 cm³/mol. The van der Waals surface area contributed by atoms with Gasteiger partial charge < -0.3 is 4.90 Å². The number of benzene rings is 1. The first kappa shape index (κ1) is 18.4. The van der Waals surface area contributed by atoms with Gasteiger partial charge in [-0.15, -0.1) is 0 Å². The molecule has 0 aromatic heterocycles. The van der Waals surface area contributed by atoms with Crippen molar-refractivity contribution in [2.24, 2.45) is 0 Å². The third-order valence-electron chi connectivity index (χ3n) is 5.38. The van der Waals surface area contributed by atoms with E-state index in [9.17, 15) is 13.2 Å². The summed E-state index contributed by atoms with van der Waals surface area (Å²) < 4.78 is 25.5. The van der Waals surface area contributed by atoms with E-state index in [0.717, 1.165) is 19.3 Å². The van der Waals surface area contributed by atoms with Crippen LogP contribution in [0.1, 0.15) is 48.3 Å². The second-order valence-electron chi connectivity index (χ2n) is 7.58. The van der Waals surface area contributed by atoms with Gasteiger partial charge in [0, 0.05) is 25.6 Å². The summed E-state index contributed by atoms with van der Waals surface area (Å²) in [5.41, 5.74) is 3.78. The third-order valence-corrected chi connectivity index (χ3v) is 6.67.